The highest BCUT2D eigenvalue weighted by Crippen LogP contribution is 2.19. The summed E-state index contributed by atoms with van der Waals surface area (Å²) in [6.07, 6.45) is 0.870. The summed E-state index contributed by atoms with van der Waals surface area (Å²) in [5, 5.41) is 11.5. The molecule has 2 N–H and O–H groups in total. The third-order valence-electron chi connectivity index (χ3n) is 3.37. The van der Waals surface area contributed by atoms with Gasteiger partial charge < -0.3 is 15.4 Å². The van der Waals surface area contributed by atoms with E-state index in [1.54, 1.807) is 17.9 Å². The van der Waals surface area contributed by atoms with Gasteiger partial charge in [0.2, 0.25) is 0 Å². The van der Waals surface area contributed by atoms with Gasteiger partial charge in [-0.05, 0) is 43.3 Å². The predicted molar refractivity (Wildman–Crippen MR) is 98.2 cm³/mol. The van der Waals surface area contributed by atoms with Gasteiger partial charge in [0, 0.05) is 37.0 Å². The Bertz CT molecular complexity index is 707. The number of anilines is 1. The average molecular weight is 371 g/mol. The lowest BCUT2D eigenvalue weighted by Gasteiger charge is -2.08. The highest BCUT2D eigenvalue weighted by atomic mass is 35.5. The highest BCUT2D eigenvalue weighted by Gasteiger charge is 2.09. The third-order valence-corrected chi connectivity index (χ3v) is 3.97. The fourth-order valence-corrected chi connectivity index (χ4v) is 2.56. The molecule has 2 aromatic rings. The SMILES string of the molecule is COCCCNC(=S)Nc1cc(C)n(Cc2ccc(F)cc2Cl)n1. The van der Waals surface area contributed by atoms with Crippen LogP contribution in [0.15, 0.2) is 24.3 Å². The number of thiocarbonyl (C=S) groups is 1. The van der Waals surface area contributed by atoms with Crippen LogP contribution in [0.2, 0.25) is 5.02 Å². The number of aromatic nitrogens is 2. The minimum absolute atomic E-state index is 0.354. The second kappa shape index (κ2) is 8.96. The summed E-state index contributed by atoms with van der Waals surface area (Å²) in [6.45, 7) is 3.80. The summed E-state index contributed by atoms with van der Waals surface area (Å²) in [7, 11) is 1.67. The number of rotatable bonds is 7. The van der Waals surface area contributed by atoms with E-state index in [2.05, 4.69) is 15.7 Å². The highest BCUT2D eigenvalue weighted by molar-refractivity contribution is 7.80. The van der Waals surface area contributed by atoms with E-state index in [0.717, 1.165) is 24.2 Å². The van der Waals surface area contributed by atoms with Crippen LogP contribution in [0.1, 0.15) is 17.7 Å². The molecule has 0 aliphatic carbocycles. The number of halogens is 2. The molecule has 1 aromatic heterocycles. The number of hydrogen-bond acceptors (Lipinski definition) is 3. The van der Waals surface area contributed by atoms with Crippen molar-refractivity contribution in [3.63, 3.8) is 0 Å². The smallest absolute Gasteiger partial charge is 0.171 e. The minimum Gasteiger partial charge on any atom is -0.385 e. The molecule has 0 spiro atoms. The van der Waals surface area contributed by atoms with Gasteiger partial charge in [-0.25, -0.2) is 4.39 Å². The van der Waals surface area contributed by atoms with E-state index in [4.69, 9.17) is 28.6 Å². The van der Waals surface area contributed by atoms with Gasteiger partial charge in [0.25, 0.3) is 0 Å². The average Bonchev–Trinajstić information content (AvgIpc) is 2.86. The molecular weight excluding hydrogens is 351 g/mol. The van der Waals surface area contributed by atoms with E-state index in [-0.39, 0.29) is 5.82 Å². The quantitative estimate of drug-likeness (QED) is 0.578. The van der Waals surface area contributed by atoms with Gasteiger partial charge in [0.05, 0.1) is 6.54 Å². The van der Waals surface area contributed by atoms with Crippen molar-refractivity contribution in [2.45, 2.75) is 19.9 Å². The van der Waals surface area contributed by atoms with Gasteiger partial charge >= 0.3 is 0 Å². The minimum atomic E-state index is -0.354. The molecule has 0 saturated carbocycles. The van der Waals surface area contributed by atoms with Crippen LogP contribution in [-0.2, 0) is 11.3 Å². The molecule has 130 valence electrons. The third kappa shape index (κ3) is 5.43. The standard InChI is InChI=1S/C16H20ClFN4OS/c1-11-8-15(20-16(24)19-6-3-7-23-2)21-22(11)10-12-4-5-13(18)9-14(12)17/h4-5,8-9H,3,6-7,10H2,1-2H3,(H2,19,20,21,24). The largest absolute Gasteiger partial charge is 0.385 e. The predicted octanol–water partition coefficient (Wildman–Crippen LogP) is 3.36. The molecule has 2 rings (SSSR count). The molecule has 1 heterocycles. The van der Waals surface area contributed by atoms with E-state index < -0.39 is 0 Å². The first-order valence-corrected chi connectivity index (χ1v) is 8.30. The number of methoxy groups -OCH3 is 1. The number of nitrogens with zero attached hydrogens (tertiary/aromatic N) is 2. The Morgan fingerprint density at radius 2 is 2.21 bits per heavy atom. The Labute approximate surface area is 151 Å². The summed E-state index contributed by atoms with van der Waals surface area (Å²) in [5.74, 6) is 0.295. The van der Waals surface area contributed by atoms with Crippen molar-refractivity contribution in [2.24, 2.45) is 0 Å². The molecule has 0 amide bonds. The number of hydrogen-bond donors (Lipinski definition) is 2. The van der Waals surface area contributed by atoms with Gasteiger partial charge in [-0.1, -0.05) is 17.7 Å². The van der Waals surface area contributed by atoms with E-state index >= 15 is 0 Å². The lowest BCUT2D eigenvalue weighted by Crippen LogP contribution is -2.30. The van der Waals surface area contributed by atoms with Gasteiger partial charge in [0.15, 0.2) is 10.9 Å². The molecule has 0 unspecified atom stereocenters. The Morgan fingerprint density at radius 1 is 1.42 bits per heavy atom. The number of ether oxygens (including phenoxy) is 1. The maximum atomic E-state index is 13.1. The molecule has 0 fully saturated rings. The maximum Gasteiger partial charge on any atom is 0.171 e. The Morgan fingerprint density at radius 3 is 2.92 bits per heavy atom. The second-order valence-electron chi connectivity index (χ2n) is 5.29. The summed E-state index contributed by atoms with van der Waals surface area (Å²) in [4.78, 5) is 0. The van der Waals surface area contributed by atoms with Gasteiger partial charge in [0.1, 0.15) is 5.82 Å². The summed E-state index contributed by atoms with van der Waals surface area (Å²) in [5.41, 5.74) is 1.75. The first kappa shape index (κ1) is 18.6. The molecule has 0 atom stereocenters. The zero-order valence-electron chi connectivity index (χ0n) is 13.6. The number of aryl methyl sites for hydroxylation is 1. The van der Waals surface area contributed by atoms with Crippen LogP contribution in [0, 0.1) is 12.7 Å². The monoisotopic (exact) mass is 370 g/mol. The van der Waals surface area contributed by atoms with Crippen LogP contribution in [0.25, 0.3) is 0 Å². The first-order valence-electron chi connectivity index (χ1n) is 7.51. The topological polar surface area (TPSA) is 51.1 Å². The maximum absolute atomic E-state index is 13.1. The molecule has 0 aliphatic rings. The molecule has 24 heavy (non-hydrogen) atoms. The van der Waals surface area contributed by atoms with E-state index in [1.807, 2.05) is 13.0 Å². The van der Waals surface area contributed by atoms with E-state index in [9.17, 15) is 4.39 Å². The Balaban J connectivity index is 1.95. The van der Waals surface area contributed by atoms with Gasteiger partial charge in [-0.3, -0.25) is 4.68 Å². The lowest BCUT2D eigenvalue weighted by molar-refractivity contribution is 0.196. The molecular formula is C16H20ClFN4OS. The van der Waals surface area contributed by atoms with Crippen molar-refractivity contribution >= 4 is 34.7 Å². The molecule has 0 saturated heterocycles. The van der Waals surface area contributed by atoms with Crippen LogP contribution in [0.4, 0.5) is 10.2 Å². The molecule has 0 bridgehead atoms. The van der Waals surface area contributed by atoms with Gasteiger partial charge in [-0.15, -0.1) is 0 Å². The van der Waals surface area contributed by atoms with E-state index in [0.29, 0.717) is 29.1 Å². The fraction of sp³-hybridized carbons (Fsp3) is 0.375. The van der Waals surface area contributed by atoms with Crippen LogP contribution < -0.4 is 10.6 Å². The van der Waals surface area contributed by atoms with Crippen LogP contribution in [0.5, 0.6) is 0 Å². The van der Waals surface area contributed by atoms with Crippen LogP contribution >= 0.6 is 23.8 Å². The zero-order valence-corrected chi connectivity index (χ0v) is 15.2. The summed E-state index contributed by atoms with van der Waals surface area (Å²) >= 11 is 11.3. The Kier molecular flexibility index (Phi) is 6.96. The number of benzene rings is 1. The van der Waals surface area contributed by atoms with Gasteiger partial charge in [-0.2, -0.15) is 5.10 Å². The summed E-state index contributed by atoms with van der Waals surface area (Å²) in [6, 6.07) is 6.24. The molecule has 5 nitrogen and oxygen atoms in total. The fourth-order valence-electron chi connectivity index (χ4n) is 2.12. The Hall–Kier alpha value is -1.70. The molecule has 1 aromatic carbocycles. The molecule has 0 aliphatic heterocycles. The van der Waals surface area contributed by atoms with Crippen molar-refractivity contribution in [2.75, 3.05) is 25.6 Å². The summed E-state index contributed by atoms with van der Waals surface area (Å²) < 4.78 is 19.9. The zero-order chi connectivity index (χ0) is 17.5. The van der Waals surface area contributed by atoms with Crippen molar-refractivity contribution in [3.05, 3.63) is 46.4 Å². The normalized spacial score (nSPS) is 10.7. The van der Waals surface area contributed by atoms with E-state index in [1.165, 1.54) is 12.1 Å². The second-order valence-corrected chi connectivity index (χ2v) is 6.11. The molecule has 0 radical (unpaired) electrons. The van der Waals surface area contributed by atoms with Crippen LogP contribution in [-0.4, -0.2) is 35.2 Å². The van der Waals surface area contributed by atoms with Crippen molar-refractivity contribution in [1.29, 1.82) is 0 Å². The van der Waals surface area contributed by atoms with Crippen molar-refractivity contribution in [3.8, 4) is 0 Å². The first-order chi connectivity index (χ1) is 11.5. The van der Waals surface area contributed by atoms with Crippen molar-refractivity contribution in [1.82, 2.24) is 15.1 Å². The van der Waals surface area contributed by atoms with Crippen molar-refractivity contribution < 1.29 is 9.13 Å². The number of nitrogens with one attached hydrogen (secondary N) is 2. The van der Waals surface area contributed by atoms with Crippen LogP contribution in [0.3, 0.4) is 0 Å². The lowest BCUT2D eigenvalue weighted by atomic mass is 10.2. The molecule has 8 heteroatoms.